The molecule has 7 heteroatoms. The van der Waals surface area contributed by atoms with Crippen LogP contribution in [0.15, 0.2) is 42.5 Å². The van der Waals surface area contributed by atoms with Crippen LogP contribution in [0.3, 0.4) is 0 Å². The number of carbonyl (C=O) groups is 1. The molecule has 0 atom stereocenters. The van der Waals surface area contributed by atoms with Crippen molar-refractivity contribution in [1.29, 1.82) is 0 Å². The van der Waals surface area contributed by atoms with Crippen LogP contribution in [0.2, 0.25) is 0 Å². The number of piperazine rings is 1. The lowest BCUT2D eigenvalue weighted by molar-refractivity contribution is -0.126. The zero-order valence-electron chi connectivity index (χ0n) is 16.9. The molecule has 3 rings (SSSR count). The van der Waals surface area contributed by atoms with E-state index in [1.807, 2.05) is 11.0 Å². The van der Waals surface area contributed by atoms with E-state index >= 15 is 0 Å². The first-order valence-electron chi connectivity index (χ1n) is 9.34. The maximum Gasteiger partial charge on any atom is 0.246 e. The summed E-state index contributed by atoms with van der Waals surface area (Å²) in [7, 11) is 4.64. The van der Waals surface area contributed by atoms with Crippen LogP contribution in [-0.2, 0) is 4.79 Å². The smallest absolute Gasteiger partial charge is 0.246 e. The lowest BCUT2D eigenvalue weighted by Gasteiger charge is -2.35. The minimum absolute atomic E-state index is 0.0908. The molecule has 0 bridgehead atoms. The number of amides is 1. The predicted molar refractivity (Wildman–Crippen MR) is 110 cm³/mol. The molecule has 6 nitrogen and oxygen atoms in total. The number of rotatable bonds is 6. The number of methoxy groups -OCH3 is 3. The molecule has 1 aliphatic rings. The van der Waals surface area contributed by atoms with Gasteiger partial charge in [0, 0.05) is 32.3 Å². The van der Waals surface area contributed by atoms with E-state index in [0.717, 1.165) is 5.56 Å². The predicted octanol–water partition coefficient (Wildman–Crippen LogP) is 3.21. The van der Waals surface area contributed by atoms with Crippen molar-refractivity contribution in [2.75, 3.05) is 52.4 Å². The average Bonchev–Trinajstić information content (AvgIpc) is 2.77. The minimum atomic E-state index is -0.241. The summed E-state index contributed by atoms with van der Waals surface area (Å²) < 4.78 is 29.9. The molecule has 2 aromatic carbocycles. The highest BCUT2D eigenvalue weighted by Crippen LogP contribution is 2.38. The highest BCUT2D eigenvalue weighted by Gasteiger charge is 2.21. The van der Waals surface area contributed by atoms with E-state index in [0.29, 0.717) is 49.1 Å². The molecule has 1 heterocycles. The number of ether oxygens (including phenoxy) is 3. The van der Waals surface area contributed by atoms with Gasteiger partial charge < -0.3 is 24.0 Å². The Morgan fingerprint density at radius 3 is 2.14 bits per heavy atom. The minimum Gasteiger partial charge on any atom is -0.493 e. The molecular formula is C22H25FN2O4. The molecule has 0 aromatic heterocycles. The number of halogens is 1. The summed E-state index contributed by atoms with van der Waals surface area (Å²) in [4.78, 5) is 16.3. The molecule has 2 aromatic rings. The van der Waals surface area contributed by atoms with Gasteiger partial charge in [-0.15, -0.1) is 0 Å². The molecule has 0 spiro atoms. The van der Waals surface area contributed by atoms with Gasteiger partial charge in [0.25, 0.3) is 0 Å². The topological polar surface area (TPSA) is 51.2 Å². The largest absolute Gasteiger partial charge is 0.493 e. The fourth-order valence-corrected chi connectivity index (χ4v) is 3.35. The van der Waals surface area contributed by atoms with Crippen LogP contribution in [0.5, 0.6) is 17.2 Å². The number of nitrogens with zero attached hydrogens (tertiary/aromatic N) is 2. The highest BCUT2D eigenvalue weighted by molar-refractivity contribution is 5.92. The van der Waals surface area contributed by atoms with E-state index in [-0.39, 0.29) is 11.7 Å². The summed E-state index contributed by atoms with van der Waals surface area (Å²) in [6.07, 6.45) is 3.25. The van der Waals surface area contributed by atoms with E-state index in [1.54, 1.807) is 56.6 Å². The van der Waals surface area contributed by atoms with Crippen LogP contribution in [0.25, 0.3) is 6.08 Å². The van der Waals surface area contributed by atoms with E-state index in [4.69, 9.17) is 14.2 Å². The number of benzene rings is 2. The average molecular weight is 400 g/mol. The summed E-state index contributed by atoms with van der Waals surface area (Å²) in [5.74, 6) is 1.22. The normalized spacial score (nSPS) is 14.2. The van der Waals surface area contributed by atoms with Crippen molar-refractivity contribution in [2.24, 2.45) is 0 Å². The Kier molecular flexibility index (Phi) is 6.59. The molecule has 0 unspecified atom stereocenters. The number of hydrogen-bond acceptors (Lipinski definition) is 5. The lowest BCUT2D eigenvalue weighted by atomic mass is 10.1. The molecule has 29 heavy (non-hydrogen) atoms. The quantitative estimate of drug-likeness (QED) is 0.697. The van der Waals surface area contributed by atoms with Crippen LogP contribution >= 0.6 is 0 Å². The zero-order chi connectivity index (χ0) is 20.8. The van der Waals surface area contributed by atoms with Gasteiger partial charge in [0.2, 0.25) is 11.7 Å². The van der Waals surface area contributed by atoms with Crippen molar-refractivity contribution in [3.8, 4) is 17.2 Å². The van der Waals surface area contributed by atoms with Gasteiger partial charge in [-0.3, -0.25) is 4.79 Å². The summed E-state index contributed by atoms with van der Waals surface area (Å²) in [6.45, 7) is 2.24. The summed E-state index contributed by atoms with van der Waals surface area (Å²) >= 11 is 0. The second-order valence-electron chi connectivity index (χ2n) is 6.56. The molecule has 0 aliphatic carbocycles. The van der Waals surface area contributed by atoms with Gasteiger partial charge in [0.05, 0.1) is 27.0 Å². The Morgan fingerprint density at radius 1 is 0.966 bits per heavy atom. The van der Waals surface area contributed by atoms with Gasteiger partial charge >= 0.3 is 0 Å². The molecule has 1 fully saturated rings. The fraction of sp³-hybridized carbons (Fsp3) is 0.318. The zero-order valence-corrected chi connectivity index (χ0v) is 16.9. The van der Waals surface area contributed by atoms with Gasteiger partial charge in [-0.1, -0.05) is 12.1 Å². The molecular weight excluding hydrogens is 375 g/mol. The second-order valence-corrected chi connectivity index (χ2v) is 6.56. The Bertz CT molecular complexity index is 867. The van der Waals surface area contributed by atoms with Crippen molar-refractivity contribution in [3.63, 3.8) is 0 Å². The van der Waals surface area contributed by atoms with Gasteiger partial charge in [0.15, 0.2) is 11.5 Å². The van der Waals surface area contributed by atoms with Crippen molar-refractivity contribution in [1.82, 2.24) is 4.90 Å². The summed E-state index contributed by atoms with van der Waals surface area (Å²) in [5.41, 5.74) is 1.34. The molecule has 1 aliphatic heterocycles. The highest BCUT2D eigenvalue weighted by atomic mass is 19.1. The summed E-state index contributed by atoms with van der Waals surface area (Å²) in [6, 6.07) is 10.3. The van der Waals surface area contributed by atoms with Gasteiger partial charge in [-0.2, -0.15) is 0 Å². The Hall–Kier alpha value is -3.22. The Labute approximate surface area is 170 Å². The van der Waals surface area contributed by atoms with Crippen LogP contribution < -0.4 is 19.1 Å². The van der Waals surface area contributed by atoms with Crippen molar-refractivity contribution in [3.05, 3.63) is 53.9 Å². The van der Waals surface area contributed by atoms with Crippen molar-refractivity contribution in [2.45, 2.75) is 0 Å². The first-order valence-corrected chi connectivity index (χ1v) is 9.34. The molecule has 1 saturated heterocycles. The maximum absolute atomic E-state index is 14.0. The monoisotopic (exact) mass is 400 g/mol. The molecule has 1 amide bonds. The SMILES string of the molecule is COc1cc(/C=C/C(=O)N2CCN(c3ccccc3F)CC2)cc(OC)c1OC. The van der Waals surface area contributed by atoms with E-state index in [1.165, 1.54) is 12.1 Å². The van der Waals surface area contributed by atoms with Gasteiger partial charge in [-0.25, -0.2) is 4.39 Å². The van der Waals surface area contributed by atoms with Gasteiger partial charge in [0.1, 0.15) is 5.82 Å². The van der Waals surface area contributed by atoms with Gasteiger partial charge in [-0.05, 0) is 35.9 Å². The summed E-state index contributed by atoms with van der Waals surface area (Å²) in [5, 5.41) is 0. The second kappa shape index (κ2) is 9.32. The van der Waals surface area contributed by atoms with Crippen molar-refractivity contribution < 1.29 is 23.4 Å². The third-order valence-corrected chi connectivity index (χ3v) is 4.89. The fourth-order valence-electron chi connectivity index (χ4n) is 3.35. The maximum atomic E-state index is 14.0. The Balaban J connectivity index is 1.65. The first kappa shape index (κ1) is 20.5. The van der Waals surface area contributed by atoms with Crippen LogP contribution in [0.4, 0.5) is 10.1 Å². The molecule has 0 radical (unpaired) electrons. The molecule has 0 saturated carbocycles. The number of anilines is 1. The number of hydrogen-bond donors (Lipinski definition) is 0. The van der Waals surface area contributed by atoms with Crippen molar-refractivity contribution >= 4 is 17.7 Å². The number of carbonyl (C=O) groups excluding carboxylic acids is 1. The number of para-hydroxylation sites is 1. The third-order valence-electron chi connectivity index (χ3n) is 4.89. The molecule has 0 N–H and O–H groups in total. The molecule has 154 valence electrons. The third kappa shape index (κ3) is 4.62. The van der Waals surface area contributed by atoms with E-state index < -0.39 is 0 Å². The van der Waals surface area contributed by atoms with E-state index in [9.17, 15) is 9.18 Å². The van der Waals surface area contributed by atoms with Crippen LogP contribution in [0, 0.1) is 5.82 Å². The van der Waals surface area contributed by atoms with Crippen LogP contribution in [-0.4, -0.2) is 58.3 Å². The van der Waals surface area contributed by atoms with E-state index in [2.05, 4.69) is 0 Å². The Morgan fingerprint density at radius 2 is 1.59 bits per heavy atom. The standard InChI is InChI=1S/C22H25FN2O4/c1-27-19-14-16(15-20(28-2)22(19)29-3)8-9-21(26)25-12-10-24(11-13-25)18-7-5-4-6-17(18)23/h4-9,14-15H,10-13H2,1-3H3/b9-8+. The first-order chi connectivity index (χ1) is 14.1. The van der Waals surface area contributed by atoms with Crippen LogP contribution in [0.1, 0.15) is 5.56 Å². The lowest BCUT2D eigenvalue weighted by Crippen LogP contribution is -2.48.